The molecule has 0 aliphatic carbocycles. The van der Waals surface area contributed by atoms with Gasteiger partial charge >= 0.3 is 5.97 Å². The number of likely N-dealkylation sites (tertiary alicyclic amines) is 1. The molecule has 0 aromatic carbocycles. The van der Waals surface area contributed by atoms with Crippen LogP contribution < -0.4 is 0 Å². The van der Waals surface area contributed by atoms with Crippen LogP contribution >= 0.6 is 24.8 Å². The van der Waals surface area contributed by atoms with Gasteiger partial charge in [0.2, 0.25) is 0 Å². The molecule has 0 spiro atoms. The molecule has 7 heteroatoms. The number of nitrogens with zero attached hydrogens (tertiary/aromatic N) is 3. The summed E-state index contributed by atoms with van der Waals surface area (Å²) in [6, 6.07) is 1.92. The molecule has 1 N–H and O–H groups in total. The van der Waals surface area contributed by atoms with E-state index in [9.17, 15) is 9.90 Å². The summed E-state index contributed by atoms with van der Waals surface area (Å²) in [5, 5.41) is 13.4. The Morgan fingerprint density at radius 1 is 1.44 bits per heavy atom. The minimum atomic E-state index is -0.695. The molecule has 18 heavy (non-hydrogen) atoms. The maximum atomic E-state index is 11.2. The summed E-state index contributed by atoms with van der Waals surface area (Å²) in [6.07, 6.45) is 2.44. The number of rotatable bonds is 2. The summed E-state index contributed by atoms with van der Waals surface area (Å²) in [4.78, 5) is 13.4. The zero-order chi connectivity index (χ0) is 11.7. The molecular formula is C11H19Cl2N3O2. The summed E-state index contributed by atoms with van der Waals surface area (Å²) in [7, 11) is 3.89. The average molecular weight is 296 g/mol. The lowest BCUT2D eigenvalue weighted by Crippen LogP contribution is -2.40. The predicted octanol–water partition coefficient (Wildman–Crippen LogP) is 1.38. The molecule has 2 unspecified atom stereocenters. The highest BCUT2D eigenvalue weighted by Crippen LogP contribution is 2.31. The number of hydrogen-bond acceptors (Lipinski definition) is 3. The molecule has 1 aliphatic heterocycles. The fourth-order valence-corrected chi connectivity index (χ4v) is 2.46. The van der Waals surface area contributed by atoms with E-state index >= 15 is 0 Å². The molecule has 0 radical (unpaired) electrons. The second-order valence-electron chi connectivity index (χ2n) is 4.48. The van der Waals surface area contributed by atoms with Crippen molar-refractivity contribution in [1.82, 2.24) is 14.7 Å². The van der Waals surface area contributed by atoms with Crippen LogP contribution in [0.2, 0.25) is 0 Å². The van der Waals surface area contributed by atoms with Gasteiger partial charge in [-0.3, -0.25) is 9.48 Å². The Kier molecular flexibility index (Phi) is 6.67. The van der Waals surface area contributed by atoms with E-state index in [2.05, 4.69) is 10.00 Å². The zero-order valence-corrected chi connectivity index (χ0v) is 12.1. The van der Waals surface area contributed by atoms with Crippen molar-refractivity contribution in [3.8, 4) is 0 Å². The lowest BCUT2D eigenvalue weighted by atomic mass is 9.83. The number of aryl methyl sites for hydroxylation is 1. The normalized spacial score (nSPS) is 23.9. The van der Waals surface area contributed by atoms with Gasteiger partial charge < -0.3 is 10.0 Å². The van der Waals surface area contributed by atoms with Gasteiger partial charge in [-0.2, -0.15) is 5.10 Å². The number of aromatic nitrogens is 2. The van der Waals surface area contributed by atoms with Gasteiger partial charge in [0, 0.05) is 31.4 Å². The number of carboxylic acid groups (broad SMARTS) is 1. The van der Waals surface area contributed by atoms with Gasteiger partial charge in [-0.25, -0.2) is 0 Å². The molecule has 1 aliphatic rings. The molecule has 0 saturated carbocycles. The number of aliphatic carboxylic acids is 1. The lowest BCUT2D eigenvalue weighted by Gasteiger charge is -2.34. The third-order valence-corrected chi connectivity index (χ3v) is 3.37. The topological polar surface area (TPSA) is 58.4 Å². The second-order valence-corrected chi connectivity index (χ2v) is 4.48. The van der Waals surface area contributed by atoms with Crippen molar-refractivity contribution < 1.29 is 9.90 Å². The summed E-state index contributed by atoms with van der Waals surface area (Å²) in [5.41, 5.74) is 1.01. The Bertz CT molecular complexity index is 397. The Labute approximate surface area is 119 Å². The second kappa shape index (κ2) is 6.97. The molecule has 2 rings (SSSR count). The Morgan fingerprint density at radius 3 is 2.61 bits per heavy atom. The fourth-order valence-electron chi connectivity index (χ4n) is 2.46. The van der Waals surface area contributed by atoms with E-state index in [4.69, 9.17) is 0 Å². The van der Waals surface area contributed by atoms with E-state index in [-0.39, 0.29) is 36.6 Å². The minimum absolute atomic E-state index is 0. The van der Waals surface area contributed by atoms with Gasteiger partial charge in [0.05, 0.1) is 5.92 Å². The largest absolute Gasteiger partial charge is 0.481 e. The average Bonchev–Trinajstić information content (AvgIpc) is 2.63. The van der Waals surface area contributed by atoms with Crippen molar-refractivity contribution in [3.63, 3.8) is 0 Å². The lowest BCUT2D eigenvalue weighted by molar-refractivity contribution is -0.144. The van der Waals surface area contributed by atoms with E-state index in [0.717, 1.165) is 18.8 Å². The van der Waals surface area contributed by atoms with Crippen LogP contribution in [0, 0.1) is 5.92 Å². The minimum Gasteiger partial charge on any atom is -0.481 e. The van der Waals surface area contributed by atoms with Crippen LogP contribution in [0.4, 0.5) is 0 Å². The SMILES string of the molecule is CN1CCC(C(=O)O)C(c2ccnn2C)C1.Cl.Cl. The van der Waals surface area contributed by atoms with Crippen molar-refractivity contribution >= 4 is 30.8 Å². The number of piperidine rings is 1. The van der Waals surface area contributed by atoms with Crippen molar-refractivity contribution in [2.75, 3.05) is 20.1 Å². The maximum absolute atomic E-state index is 11.2. The quantitative estimate of drug-likeness (QED) is 0.896. The molecule has 1 aromatic rings. The molecular weight excluding hydrogens is 277 g/mol. The number of halogens is 2. The van der Waals surface area contributed by atoms with Gasteiger partial charge in [0.1, 0.15) is 0 Å². The highest BCUT2D eigenvalue weighted by Gasteiger charge is 2.35. The van der Waals surface area contributed by atoms with E-state index in [0.29, 0.717) is 6.42 Å². The van der Waals surface area contributed by atoms with Gasteiger partial charge in [-0.1, -0.05) is 0 Å². The van der Waals surface area contributed by atoms with Gasteiger partial charge in [-0.05, 0) is 26.1 Å². The maximum Gasteiger partial charge on any atom is 0.307 e. The van der Waals surface area contributed by atoms with Crippen LogP contribution in [0.1, 0.15) is 18.0 Å². The first-order valence-corrected chi connectivity index (χ1v) is 5.49. The third kappa shape index (κ3) is 3.37. The van der Waals surface area contributed by atoms with Crippen LogP contribution in [0.3, 0.4) is 0 Å². The molecule has 0 bridgehead atoms. The zero-order valence-electron chi connectivity index (χ0n) is 10.4. The standard InChI is InChI=1S/C11H17N3O2.2ClH/c1-13-6-4-8(11(15)16)9(7-13)10-3-5-12-14(10)2;;/h3,5,8-9H,4,6-7H2,1-2H3,(H,15,16);2*1H. The monoisotopic (exact) mass is 295 g/mol. The first-order chi connectivity index (χ1) is 7.59. The van der Waals surface area contributed by atoms with Crippen LogP contribution in [0.25, 0.3) is 0 Å². The molecule has 104 valence electrons. The van der Waals surface area contributed by atoms with Gasteiger partial charge in [0.25, 0.3) is 0 Å². The summed E-state index contributed by atoms with van der Waals surface area (Å²) >= 11 is 0. The van der Waals surface area contributed by atoms with Crippen molar-refractivity contribution in [2.24, 2.45) is 13.0 Å². The molecule has 1 fully saturated rings. The first kappa shape index (κ1) is 17.2. The Balaban J connectivity index is 0.00000144. The van der Waals surface area contributed by atoms with Crippen LogP contribution in [0.5, 0.6) is 0 Å². The molecule has 0 amide bonds. The highest BCUT2D eigenvalue weighted by atomic mass is 35.5. The molecule has 2 heterocycles. The van der Waals surface area contributed by atoms with E-state index < -0.39 is 5.97 Å². The van der Waals surface area contributed by atoms with Crippen LogP contribution in [-0.4, -0.2) is 45.9 Å². The van der Waals surface area contributed by atoms with Crippen molar-refractivity contribution in [1.29, 1.82) is 0 Å². The van der Waals surface area contributed by atoms with Gasteiger partial charge in [0.15, 0.2) is 0 Å². The number of carbonyl (C=O) groups is 1. The van der Waals surface area contributed by atoms with Crippen LogP contribution in [-0.2, 0) is 11.8 Å². The van der Waals surface area contributed by atoms with E-state index in [1.807, 2.05) is 20.2 Å². The molecule has 1 aromatic heterocycles. The van der Waals surface area contributed by atoms with E-state index in [1.54, 1.807) is 10.9 Å². The Hall–Kier alpha value is -0.780. The number of carboxylic acids is 1. The van der Waals surface area contributed by atoms with Crippen molar-refractivity contribution in [3.05, 3.63) is 18.0 Å². The number of hydrogen-bond donors (Lipinski definition) is 1. The molecule has 1 saturated heterocycles. The Morgan fingerprint density at radius 2 is 2.11 bits per heavy atom. The number of likely N-dealkylation sites (N-methyl/N-ethyl adjacent to an activating group) is 1. The third-order valence-electron chi connectivity index (χ3n) is 3.37. The summed E-state index contributed by atoms with van der Waals surface area (Å²) in [6.45, 7) is 1.64. The first-order valence-electron chi connectivity index (χ1n) is 5.49. The van der Waals surface area contributed by atoms with Crippen LogP contribution in [0.15, 0.2) is 12.3 Å². The summed E-state index contributed by atoms with van der Waals surface area (Å²) in [5.74, 6) is -0.936. The molecule has 5 nitrogen and oxygen atoms in total. The van der Waals surface area contributed by atoms with Crippen molar-refractivity contribution in [2.45, 2.75) is 12.3 Å². The smallest absolute Gasteiger partial charge is 0.307 e. The van der Waals surface area contributed by atoms with E-state index in [1.165, 1.54) is 0 Å². The highest BCUT2D eigenvalue weighted by molar-refractivity contribution is 5.85. The fraction of sp³-hybridized carbons (Fsp3) is 0.636. The molecule has 2 atom stereocenters. The summed E-state index contributed by atoms with van der Waals surface area (Å²) < 4.78 is 1.78. The van der Waals surface area contributed by atoms with Gasteiger partial charge in [-0.15, -0.1) is 24.8 Å². The predicted molar refractivity (Wildman–Crippen MR) is 73.7 cm³/mol.